The van der Waals surface area contributed by atoms with E-state index >= 15 is 0 Å². The molecular formula is C20H23FN4O. The number of aryl methyl sites for hydroxylation is 1. The lowest BCUT2D eigenvalue weighted by Gasteiger charge is -2.12. The molecule has 0 bridgehead atoms. The molecule has 1 aliphatic carbocycles. The molecule has 1 saturated carbocycles. The average molecular weight is 354 g/mol. The normalized spacial score (nSPS) is 14.1. The first-order valence-corrected chi connectivity index (χ1v) is 8.97. The van der Waals surface area contributed by atoms with Gasteiger partial charge in [-0.1, -0.05) is 0 Å². The highest BCUT2D eigenvalue weighted by Gasteiger charge is 2.22. The fourth-order valence-electron chi connectivity index (χ4n) is 3.29. The predicted octanol–water partition coefficient (Wildman–Crippen LogP) is 3.66. The highest BCUT2D eigenvalue weighted by Crippen LogP contribution is 2.30. The van der Waals surface area contributed by atoms with Crippen LogP contribution < -0.4 is 0 Å². The van der Waals surface area contributed by atoms with E-state index in [4.69, 9.17) is 4.74 Å². The summed E-state index contributed by atoms with van der Waals surface area (Å²) in [6, 6.07) is 6.80. The maximum atomic E-state index is 13.7. The van der Waals surface area contributed by atoms with Crippen LogP contribution in [-0.4, -0.2) is 26.7 Å². The minimum atomic E-state index is -0.271. The smallest absolute Gasteiger partial charge is 0.123 e. The molecule has 1 aliphatic rings. The zero-order valence-electron chi connectivity index (χ0n) is 15.2. The molecule has 0 aliphatic heterocycles. The molecule has 0 spiro atoms. The van der Waals surface area contributed by atoms with Crippen LogP contribution in [-0.2, 0) is 24.3 Å². The molecule has 6 heteroatoms. The Morgan fingerprint density at radius 1 is 1.27 bits per heavy atom. The third-order valence-electron chi connectivity index (χ3n) is 4.69. The summed E-state index contributed by atoms with van der Waals surface area (Å²) in [7, 11) is 1.61. The molecule has 0 N–H and O–H groups in total. The van der Waals surface area contributed by atoms with Crippen LogP contribution >= 0.6 is 0 Å². The zero-order valence-corrected chi connectivity index (χ0v) is 15.2. The molecule has 2 aromatic heterocycles. The minimum absolute atomic E-state index is 0.271. The van der Waals surface area contributed by atoms with Crippen LogP contribution in [0.2, 0.25) is 0 Å². The van der Waals surface area contributed by atoms with E-state index in [0.29, 0.717) is 6.61 Å². The second-order valence-electron chi connectivity index (χ2n) is 7.09. The SMILES string of the molecule is COCc1cc(F)ccc1-n1nc(C)cc1Cc1cnn(CC2CC2)c1. The molecule has 0 radical (unpaired) electrons. The van der Waals surface area contributed by atoms with Gasteiger partial charge in [0.2, 0.25) is 0 Å². The van der Waals surface area contributed by atoms with Crippen molar-refractivity contribution in [2.45, 2.75) is 39.3 Å². The number of aromatic nitrogens is 4. The molecular weight excluding hydrogens is 331 g/mol. The number of halogens is 1. The van der Waals surface area contributed by atoms with E-state index in [1.165, 1.54) is 25.0 Å². The summed E-state index contributed by atoms with van der Waals surface area (Å²) < 4.78 is 22.8. The molecule has 0 saturated heterocycles. The van der Waals surface area contributed by atoms with Crippen molar-refractivity contribution >= 4 is 0 Å². The highest BCUT2D eigenvalue weighted by molar-refractivity contribution is 5.42. The number of benzene rings is 1. The van der Waals surface area contributed by atoms with E-state index in [1.54, 1.807) is 13.2 Å². The Labute approximate surface area is 152 Å². The number of ether oxygens (including phenoxy) is 1. The molecule has 0 atom stereocenters. The van der Waals surface area contributed by atoms with Crippen LogP contribution in [0.5, 0.6) is 0 Å². The second-order valence-corrected chi connectivity index (χ2v) is 7.09. The van der Waals surface area contributed by atoms with Crippen molar-refractivity contribution in [1.82, 2.24) is 19.6 Å². The van der Waals surface area contributed by atoms with Crippen LogP contribution in [0.3, 0.4) is 0 Å². The first kappa shape index (κ1) is 17.0. The first-order valence-electron chi connectivity index (χ1n) is 8.97. The van der Waals surface area contributed by atoms with Gasteiger partial charge in [-0.25, -0.2) is 9.07 Å². The van der Waals surface area contributed by atoms with Gasteiger partial charge in [0.15, 0.2) is 0 Å². The zero-order chi connectivity index (χ0) is 18.1. The number of rotatable bonds is 7. The number of hydrogen-bond acceptors (Lipinski definition) is 3. The number of methoxy groups -OCH3 is 1. The summed E-state index contributed by atoms with van der Waals surface area (Å²) in [6.07, 6.45) is 7.40. The van der Waals surface area contributed by atoms with Gasteiger partial charge in [-0.2, -0.15) is 10.2 Å². The van der Waals surface area contributed by atoms with Crippen LogP contribution in [0, 0.1) is 18.7 Å². The van der Waals surface area contributed by atoms with Gasteiger partial charge in [-0.3, -0.25) is 4.68 Å². The molecule has 136 valence electrons. The molecule has 1 aromatic carbocycles. The Balaban J connectivity index is 1.63. The van der Waals surface area contributed by atoms with Gasteiger partial charge in [-0.15, -0.1) is 0 Å². The van der Waals surface area contributed by atoms with E-state index in [0.717, 1.165) is 47.1 Å². The van der Waals surface area contributed by atoms with Gasteiger partial charge >= 0.3 is 0 Å². The summed E-state index contributed by atoms with van der Waals surface area (Å²) >= 11 is 0. The topological polar surface area (TPSA) is 44.9 Å². The maximum Gasteiger partial charge on any atom is 0.123 e. The van der Waals surface area contributed by atoms with Gasteiger partial charge in [0.25, 0.3) is 0 Å². The third-order valence-corrected chi connectivity index (χ3v) is 4.69. The van der Waals surface area contributed by atoms with E-state index < -0.39 is 0 Å². The molecule has 5 nitrogen and oxygen atoms in total. The Morgan fingerprint density at radius 2 is 2.12 bits per heavy atom. The lowest BCUT2D eigenvalue weighted by Crippen LogP contribution is -2.07. The fraction of sp³-hybridized carbons (Fsp3) is 0.400. The van der Waals surface area contributed by atoms with E-state index in [1.807, 2.05) is 22.5 Å². The lowest BCUT2D eigenvalue weighted by molar-refractivity contribution is 0.184. The average Bonchev–Trinajstić information content (AvgIpc) is 3.19. The van der Waals surface area contributed by atoms with Crippen LogP contribution in [0.15, 0.2) is 36.7 Å². The molecule has 2 heterocycles. The van der Waals surface area contributed by atoms with Crippen LogP contribution in [0.1, 0.15) is 35.4 Å². The Bertz CT molecular complexity index is 910. The number of nitrogens with zero attached hydrogens (tertiary/aromatic N) is 4. The van der Waals surface area contributed by atoms with Crippen molar-refractivity contribution in [3.05, 3.63) is 65.0 Å². The van der Waals surface area contributed by atoms with Gasteiger partial charge in [0.1, 0.15) is 5.82 Å². The Kier molecular flexibility index (Phi) is 4.59. The standard InChI is InChI=1S/C20H23FN4O/c1-14-7-19(8-16-10-22-24(12-16)11-15-3-4-15)25(23-14)20-6-5-18(21)9-17(20)13-26-2/h5-7,9-10,12,15H,3-4,8,11,13H2,1-2H3. The van der Waals surface area contributed by atoms with Crippen molar-refractivity contribution in [2.24, 2.45) is 5.92 Å². The van der Waals surface area contributed by atoms with Crippen molar-refractivity contribution in [3.63, 3.8) is 0 Å². The highest BCUT2D eigenvalue weighted by atomic mass is 19.1. The summed E-state index contributed by atoms with van der Waals surface area (Å²) in [6.45, 7) is 3.31. The molecule has 0 amide bonds. The first-order chi connectivity index (χ1) is 12.6. The van der Waals surface area contributed by atoms with Crippen molar-refractivity contribution in [1.29, 1.82) is 0 Å². The second kappa shape index (κ2) is 7.03. The van der Waals surface area contributed by atoms with E-state index in [-0.39, 0.29) is 5.82 Å². The summed E-state index contributed by atoms with van der Waals surface area (Å²) in [5, 5.41) is 9.10. The molecule has 26 heavy (non-hydrogen) atoms. The maximum absolute atomic E-state index is 13.7. The molecule has 0 unspecified atom stereocenters. The van der Waals surface area contributed by atoms with Crippen molar-refractivity contribution in [3.8, 4) is 5.69 Å². The monoisotopic (exact) mass is 354 g/mol. The Hall–Kier alpha value is -2.47. The van der Waals surface area contributed by atoms with Crippen LogP contribution in [0.4, 0.5) is 4.39 Å². The summed E-state index contributed by atoms with van der Waals surface area (Å²) in [5.41, 5.74) is 4.76. The van der Waals surface area contributed by atoms with Gasteiger partial charge in [0.05, 0.1) is 24.2 Å². The van der Waals surface area contributed by atoms with Crippen molar-refractivity contribution < 1.29 is 9.13 Å². The molecule has 1 fully saturated rings. The predicted molar refractivity (Wildman–Crippen MR) is 96.7 cm³/mol. The summed E-state index contributed by atoms with van der Waals surface area (Å²) in [4.78, 5) is 0. The van der Waals surface area contributed by atoms with Crippen LogP contribution in [0.25, 0.3) is 5.69 Å². The fourth-order valence-corrected chi connectivity index (χ4v) is 3.29. The molecule has 3 aromatic rings. The minimum Gasteiger partial charge on any atom is -0.380 e. The van der Waals surface area contributed by atoms with E-state index in [2.05, 4.69) is 22.5 Å². The molecule has 4 rings (SSSR count). The third kappa shape index (κ3) is 3.70. The quantitative estimate of drug-likeness (QED) is 0.650. The van der Waals surface area contributed by atoms with Gasteiger partial charge in [-0.05, 0) is 55.5 Å². The van der Waals surface area contributed by atoms with Gasteiger partial charge < -0.3 is 4.74 Å². The lowest BCUT2D eigenvalue weighted by atomic mass is 10.1. The number of hydrogen-bond donors (Lipinski definition) is 0. The van der Waals surface area contributed by atoms with E-state index in [9.17, 15) is 4.39 Å². The summed E-state index contributed by atoms with van der Waals surface area (Å²) in [5.74, 6) is 0.527. The van der Waals surface area contributed by atoms with Gasteiger partial charge in [0, 0.05) is 37.5 Å². The largest absolute Gasteiger partial charge is 0.380 e. The Morgan fingerprint density at radius 3 is 2.88 bits per heavy atom. The van der Waals surface area contributed by atoms with Crippen molar-refractivity contribution in [2.75, 3.05) is 7.11 Å².